The zero-order chi connectivity index (χ0) is 29.8. The molecule has 3 amide bonds. The minimum absolute atomic E-state index is 0.331. The molecule has 3 heterocycles. The summed E-state index contributed by atoms with van der Waals surface area (Å²) in [5.41, 5.74) is 3.43. The summed E-state index contributed by atoms with van der Waals surface area (Å²) in [5.74, 6) is -0.463. The number of thiazole rings is 1. The number of piperazine rings is 1. The minimum Gasteiger partial charge on any atom is -0.444 e. The van der Waals surface area contributed by atoms with Gasteiger partial charge in [0, 0.05) is 44.1 Å². The fraction of sp³-hybridized carbons (Fsp3) is 0.414. The van der Waals surface area contributed by atoms with Crippen molar-refractivity contribution in [3.63, 3.8) is 0 Å². The molecular formula is C29H36N6O5S. The van der Waals surface area contributed by atoms with Crippen LogP contribution in [0.4, 0.5) is 20.4 Å². The molecule has 1 saturated heterocycles. The highest BCUT2D eigenvalue weighted by molar-refractivity contribution is 7.17. The van der Waals surface area contributed by atoms with E-state index in [2.05, 4.69) is 15.4 Å². The van der Waals surface area contributed by atoms with Crippen LogP contribution < -0.4 is 15.3 Å². The van der Waals surface area contributed by atoms with Gasteiger partial charge in [0.05, 0.1) is 11.9 Å². The Hall–Kier alpha value is -4.19. The quantitative estimate of drug-likeness (QED) is 0.411. The molecule has 12 heteroatoms. The number of amides is 3. The number of anilines is 2. The van der Waals surface area contributed by atoms with Crippen molar-refractivity contribution in [2.24, 2.45) is 0 Å². The number of rotatable bonds is 4. The number of aromatic nitrogens is 2. The number of carbonyl (C=O) groups is 3. The molecule has 0 spiro atoms. The average molecular weight is 581 g/mol. The first-order chi connectivity index (χ1) is 19.3. The lowest BCUT2D eigenvalue weighted by molar-refractivity contribution is 0.0240. The summed E-state index contributed by atoms with van der Waals surface area (Å²) in [6, 6.07) is 11.0. The fourth-order valence-electron chi connectivity index (χ4n) is 4.01. The Morgan fingerprint density at radius 3 is 2.22 bits per heavy atom. The first kappa shape index (κ1) is 29.8. The predicted octanol–water partition coefficient (Wildman–Crippen LogP) is 5.35. The summed E-state index contributed by atoms with van der Waals surface area (Å²) in [6.07, 6.45) is 3.80. The standard InChI is InChI=1S/C29H36N6O5S/c1-28(2,3)39-26(37)32-35(22-11-7-9-20(17-22)21-10-8-12-30-18-21)24(36)23-19-31-25(41-23)33-13-15-34(16-14-33)27(38)40-29(4,5)6/h7-12,17-19H,13-16H2,1-6H3,(H,32,37). The number of benzene rings is 1. The number of nitrogens with one attached hydrogen (secondary N) is 1. The van der Waals surface area contributed by atoms with E-state index in [0.717, 1.165) is 11.1 Å². The van der Waals surface area contributed by atoms with E-state index in [0.29, 0.717) is 41.9 Å². The van der Waals surface area contributed by atoms with E-state index >= 15 is 0 Å². The van der Waals surface area contributed by atoms with Crippen LogP contribution in [0.2, 0.25) is 0 Å². The summed E-state index contributed by atoms with van der Waals surface area (Å²) >= 11 is 1.22. The van der Waals surface area contributed by atoms with Crippen molar-refractivity contribution in [3.05, 3.63) is 59.9 Å². The smallest absolute Gasteiger partial charge is 0.427 e. The lowest BCUT2D eigenvalue weighted by Gasteiger charge is -2.35. The molecule has 0 bridgehead atoms. The number of hydrazine groups is 1. The molecule has 1 aliphatic rings. The maximum Gasteiger partial charge on any atom is 0.427 e. The van der Waals surface area contributed by atoms with Gasteiger partial charge in [-0.05, 0) is 65.3 Å². The molecule has 0 saturated carbocycles. The van der Waals surface area contributed by atoms with Gasteiger partial charge in [0.1, 0.15) is 16.1 Å². The highest BCUT2D eigenvalue weighted by Crippen LogP contribution is 2.28. The predicted molar refractivity (Wildman–Crippen MR) is 158 cm³/mol. The summed E-state index contributed by atoms with van der Waals surface area (Å²) in [7, 11) is 0. The van der Waals surface area contributed by atoms with Crippen LogP contribution in [0.15, 0.2) is 55.0 Å². The molecule has 0 atom stereocenters. The second-order valence-electron chi connectivity index (χ2n) is 11.5. The van der Waals surface area contributed by atoms with Crippen molar-refractivity contribution in [2.75, 3.05) is 36.1 Å². The molecule has 1 aromatic carbocycles. The van der Waals surface area contributed by atoms with Crippen molar-refractivity contribution < 1.29 is 23.9 Å². The van der Waals surface area contributed by atoms with E-state index in [4.69, 9.17) is 9.47 Å². The average Bonchev–Trinajstić information content (AvgIpc) is 3.41. The van der Waals surface area contributed by atoms with Gasteiger partial charge in [-0.3, -0.25) is 9.78 Å². The highest BCUT2D eigenvalue weighted by atomic mass is 32.1. The summed E-state index contributed by atoms with van der Waals surface area (Å²) in [5, 5.41) is 1.82. The Balaban J connectivity index is 1.53. The molecule has 1 fully saturated rings. The Kier molecular flexibility index (Phi) is 8.81. The van der Waals surface area contributed by atoms with Gasteiger partial charge in [0.15, 0.2) is 5.13 Å². The van der Waals surface area contributed by atoms with Crippen molar-refractivity contribution >= 4 is 40.2 Å². The van der Waals surface area contributed by atoms with Gasteiger partial charge in [0.2, 0.25) is 0 Å². The van der Waals surface area contributed by atoms with Crippen LogP contribution in [0.3, 0.4) is 0 Å². The van der Waals surface area contributed by atoms with Crippen LogP contribution in [0.25, 0.3) is 11.1 Å². The third kappa shape index (κ3) is 8.16. The number of carbonyl (C=O) groups excluding carboxylic acids is 3. The van der Waals surface area contributed by atoms with Crippen LogP contribution in [0, 0.1) is 0 Å². The zero-order valence-electron chi connectivity index (χ0n) is 24.2. The molecular weight excluding hydrogens is 544 g/mol. The third-order valence-electron chi connectivity index (χ3n) is 5.81. The summed E-state index contributed by atoms with van der Waals surface area (Å²) in [6.45, 7) is 12.8. The number of hydrogen-bond donors (Lipinski definition) is 1. The van der Waals surface area contributed by atoms with Gasteiger partial charge >= 0.3 is 12.2 Å². The van der Waals surface area contributed by atoms with Crippen molar-refractivity contribution in [1.29, 1.82) is 0 Å². The molecule has 4 rings (SSSR count). The molecule has 3 aromatic rings. The summed E-state index contributed by atoms with van der Waals surface area (Å²) < 4.78 is 10.9. The van der Waals surface area contributed by atoms with E-state index in [9.17, 15) is 14.4 Å². The highest BCUT2D eigenvalue weighted by Gasteiger charge is 2.29. The van der Waals surface area contributed by atoms with Gasteiger partial charge in [0.25, 0.3) is 5.91 Å². The number of ether oxygens (including phenoxy) is 2. The Morgan fingerprint density at radius 2 is 1.59 bits per heavy atom. The van der Waals surface area contributed by atoms with Gasteiger partial charge in [-0.1, -0.05) is 29.5 Å². The molecule has 1 N–H and O–H groups in total. The van der Waals surface area contributed by atoms with Crippen LogP contribution in [0.1, 0.15) is 51.2 Å². The fourth-order valence-corrected chi connectivity index (χ4v) is 4.91. The molecule has 11 nitrogen and oxygen atoms in total. The van der Waals surface area contributed by atoms with Crippen molar-refractivity contribution in [3.8, 4) is 11.1 Å². The second kappa shape index (κ2) is 12.1. The van der Waals surface area contributed by atoms with E-state index < -0.39 is 23.2 Å². The third-order valence-corrected chi connectivity index (χ3v) is 6.86. The van der Waals surface area contributed by atoms with E-state index in [1.165, 1.54) is 22.5 Å². The first-order valence-corrected chi connectivity index (χ1v) is 14.1. The molecule has 2 aromatic heterocycles. The maximum atomic E-state index is 13.8. The Morgan fingerprint density at radius 1 is 0.902 bits per heavy atom. The van der Waals surface area contributed by atoms with Crippen LogP contribution in [-0.4, -0.2) is 70.3 Å². The van der Waals surface area contributed by atoms with E-state index in [1.807, 2.05) is 43.9 Å². The SMILES string of the molecule is CC(C)(C)OC(=O)NN(C(=O)c1cnc(N2CCN(C(=O)OC(C)(C)C)CC2)s1)c1cccc(-c2cccnc2)c1. The second-order valence-corrected chi connectivity index (χ2v) is 12.5. The zero-order valence-corrected chi connectivity index (χ0v) is 25.0. The van der Waals surface area contributed by atoms with Gasteiger partial charge < -0.3 is 19.3 Å². The van der Waals surface area contributed by atoms with Gasteiger partial charge in [-0.15, -0.1) is 0 Å². The van der Waals surface area contributed by atoms with E-state index in [-0.39, 0.29) is 6.09 Å². The lowest BCUT2D eigenvalue weighted by atomic mass is 10.1. The maximum absolute atomic E-state index is 13.8. The first-order valence-electron chi connectivity index (χ1n) is 13.3. The van der Waals surface area contributed by atoms with Gasteiger partial charge in [-0.25, -0.2) is 25.0 Å². The Labute approximate surface area is 244 Å². The number of nitrogens with zero attached hydrogens (tertiary/aromatic N) is 5. The normalized spacial score (nSPS) is 13.9. The van der Waals surface area contributed by atoms with Crippen LogP contribution in [0.5, 0.6) is 0 Å². The van der Waals surface area contributed by atoms with Crippen LogP contribution in [-0.2, 0) is 9.47 Å². The lowest BCUT2D eigenvalue weighted by Crippen LogP contribution is -2.50. The van der Waals surface area contributed by atoms with Crippen molar-refractivity contribution in [1.82, 2.24) is 20.3 Å². The molecule has 0 unspecified atom stereocenters. The Bertz CT molecular complexity index is 1370. The van der Waals surface area contributed by atoms with Crippen molar-refractivity contribution in [2.45, 2.75) is 52.7 Å². The molecule has 218 valence electrons. The monoisotopic (exact) mass is 580 g/mol. The largest absolute Gasteiger partial charge is 0.444 e. The van der Waals surface area contributed by atoms with Crippen LogP contribution >= 0.6 is 11.3 Å². The number of pyridine rings is 1. The topological polar surface area (TPSA) is 117 Å². The molecule has 41 heavy (non-hydrogen) atoms. The number of hydrogen-bond acceptors (Lipinski definition) is 9. The minimum atomic E-state index is -0.763. The molecule has 1 aliphatic heterocycles. The van der Waals surface area contributed by atoms with Gasteiger partial charge in [-0.2, -0.15) is 0 Å². The molecule has 0 radical (unpaired) electrons. The molecule has 0 aliphatic carbocycles. The van der Waals surface area contributed by atoms with E-state index in [1.54, 1.807) is 56.3 Å². The summed E-state index contributed by atoms with van der Waals surface area (Å²) in [4.78, 5) is 51.7.